The lowest BCUT2D eigenvalue weighted by Gasteiger charge is -2.16. The molecule has 0 aliphatic heterocycles. The van der Waals surface area contributed by atoms with Crippen LogP contribution in [0.3, 0.4) is 0 Å². The highest BCUT2D eigenvalue weighted by molar-refractivity contribution is 9.10. The molecule has 17 heavy (non-hydrogen) atoms. The number of hydrogen-bond donors (Lipinski definition) is 2. The Balaban J connectivity index is 2.56. The standard InChI is InChI=1S/C13H20BrFN2/c1-2-3-4-5-6-13(17-16)10-7-8-12(15)11(14)9-10/h7-9,13,17H,2-6,16H2,1H3. The summed E-state index contributed by atoms with van der Waals surface area (Å²) in [5.74, 6) is 5.31. The zero-order valence-electron chi connectivity index (χ0n) is 10.2. The van der Waals surface area contributed by atoms with Gasteiger partial charge in [0.1, 0.15) is 5.82 Å². The number of halogens is 2. The van der Waals surface area contributed by atoms with Gasteiger partial charge in [0.25, 0.3) is 0 Å². The van der Waals surface area contributed by atoms with Crippen LogP contribution in [0.2, 0.25) is 0 Å². The molecule has 0 spiro atoms. The molecule has 1 unspecified atom stereocenters. The summed E-state index contributed by atoms with van der Waals surface area (Å²) in [5, 5.41) is 0. The zero-order valence-corrected chi connectivity index (χ0v) is 11.8. The molecule has 3 N–H and O–H groups in total. The Labute approximate surface area is 111 Å². The maximum Gasteiger partial charge on any atom is 0.137 e. The van der Waals surface area contributed by atoms with Crippen molar-refractivity contribution in [3.05, 3.63) is 34.1 Å². The van der Waals surface area contributed by atoms with E-state index in [-0.39, 0.29) is 11.9 Å². The van der Waals surface area contributed by atoms with Gasteiger partial charge in [-0.15, -0.1) is 0 Å². The number of benzene rings is 1. The maximum absolute atomic E-state index is 13.1. The van der Waals surface area contributed by atoms with E-state index in [2.05, 4.69) is 28.3 Å². The molecule has 0 saturated carbocycles. The van der Waals surface area contributed by atoms with Crippen LogP contribution in [-0.4, -0.2) is 0 Å². The van der Waals surface area contributed by atoms with Gasteiger partial charge in [-0.2, -0.15) is 0 Å². The topological polar surface area (TPSA) is 38.0 Å². The Morgan fingerprint density at radius 1 is 1.35 bits per heavy atom. The minimum absolute atomic E-state index is 0.101. The van der Waals surface area contributed by atoms with Crippen LogP contribution in [0.5, 0.6) is 0 Å². The fourth-order valence-corrected chi connectivity index (χ4v) is 2.25. The first kappa shape index (κ1) is 14.6. The highest BCUT2D eigenvalue weighted by Gasteiger charge is 2.11. The summed E-state index contributed by atoms with van der Waals surface area (Å²) in [7, 11) is 0. The van der Waals surface area contributed by atoms with Crippen LogP contribution in [0.25, 0.3) is 0 Å². The Morgan fingerprint density at radius 3 is 2.71 bits per heavy atom. The summed E-state index contributed by atoms with van der Waals surface area (Å²) in [6.45, 7) is 2.19. The van der Waals surface area contributed by atoms with Crippen molar-refractivity contribution in [2.24, 2.45) is 5.84 Å². The molecule has 2 nitrogen and oxygen atoms in total. The molecule has 0 amide bonds. The van der Waals surface area contributed by atoms with E-state index in [0.29, 0.717) is 4.47 Å². The third-order valence-corrected chi connectivity index (χ3v) is 3.50. The van der Waals surface area contributed by atoms with Crippen molar-refractivity contribution in [3.63, 3.8) is 0 Å². The van der Waals surface area contributed by atoms with Crippen molar-refractivity contribution < 1.29 is 4.39 Å². The molecule has 0 saturated heterocycles. The molecular formula is C13H20BrFN2. The number of unbranched alkanes of at least 4 members (excludes halogenated alkanes) is 3. The van der Waals surface area contributed by atoms with E-state index in [1.165, 1.54) is 25.3 Å². The molecule has 96 valence electrons. The van der Waals surface area contributed by atoms with Crippen molar-refractivity contribution in [3.8, 4) is 0 Å². The van der Waals surface area contributed by atoms with Gasteiger partial charge in [0.2, 0.25) is 0 Å². The van der Waals surface area contributed by atoms with Crippen molar-refractivity contribution in [1.82, 2.24) is 5.43 Å². The molecule has 0 heterocycles. The molecular weight excluding hydrogens is 283 g/mol. The number of nitrogens with two attached hydrogens (primary N) is 1. The number of nitrogens with one attached hydrogen (secondary N) is 1. The van der Waals surface area contributed by atoms with Crippen LogP contribution < -0.4 is 11.3 Å². The summed E-state index contributed by atoms with van der Waals surface area (Å²) in [6, 6.07) is 5.14. The second-order valence-corrected chi connectivity index (χ2v) is 5.10. The summed E-state index contributed by atoms with van der Waals surface area (Å²) in [5.41, 5.74) is 3.82. The van der Waals surface area contributed by atoms with Gasteiger partial charge in [-0.25, -0.2) is 4.39 Å². The minimum Gasteiger partial charge on any atom is -0.271 e. The van der Waals surface area contributed by atoms with E-state index in [4.69, 9.17) is 5.84 Å². The highest BCUT2D eigenvalue weighted by Crippen LogP contribution is 2.24. The Kier molecular flexibility index (Phi) is 6.70. The second kappa shape index (κ2) is 7.80. The van der Waals surface area contributed by atoms with Crippen LogP contribution in [0, 0.1) is 5.82 Å². The monoisotopic (exact) mass is 302 g/mol. The van der Waals surface area contributed by atoms with Crippen molar-refractivity contribution in [2.75, 3.05) is 0 Å². The van der Waals surface area contributed by atoms with E-state index >= 15 is 0 Å². The van der Waals surface area contributed by atoms with Crippen LogP contribution in [0.4, 0.5) is 4.39 Å². The van der Waals surface area contributed by atoms with Gasteiger partial charge in [0.05, 0.1) is 4.47 Å². The summed E-state index contributed by atoms with van der Waals surface area (Å²) < 4.78 is 13.6. The summed E-state index contributed by atoms with van der Waals surface area (Å²) in [6.07, 6.45) is 5.82. The fourth-order valence-electron chi connectivity index (χ4n) is 1.85. The lowest BCUT2D eigenvalue weighted by atomic mass is 10.0. The SMILES string of the molecule is CCCCCCC(NN)c1ccc(F)c(Br)c1. The Hall–Kier alpha value is -0.450. The Bertz CT molecular complexity index is 344. The molecule has 0 aliphatic carbocycles. The third-order valence-electron chi connectivity index (χ3n) is 2.89. The molecule has 0 radical (unpaired) electrons. The van der Waals surface area contributed by atoms with Gasteiger partial charge >= 0.3 is 0 Å². The van der Waals surface area contributed by atoms with Crippen LogP contribution in [0.1, 0.15) is 50.6 Å². The quantitative estimate of drug-likeness (QED) is 0.453. The fraction of sp³-hybridized carbons (Fsp3) is 0.538. The van der Waals surface area contributed by atoms with E-state index in [0.717, 1.165) is 18.4 Å². The maximum atomic E-state index is 13.1. The van der Waals surface area contributed by atoms with E-state index in [9.17, 15) is 4.39 Å². The van der Waals surface area contributed by atoms with E-state index in [1.54, 1.807) is 12.1 Å². The highest BCUT2D eigenvalue weighted by atomic mass is 79.9. The lowest BCUT2D eigenvalue weighted by molar-refractivity contribution is 0.481. The number of rotatable bonds is 7. The third kappa shape index (κ3) is 4.74. The van der Waals surface area contributed by atoms with Crippen LogP contribution >= 0.6 is 15.9 Å². The predicted molar refractivity (Wildman–Crippen MR) is 72.9 cm³/mol. The second-order valence-electron chi connectivity index (χ2n) is 4.24. The molecule has 4 heteroatoms. The molecule has 0 aliphatic rings. The van der Waals surface area contributed by atoms with Gasteiger partial charge in [-0.1, -0.05) is 38.7 Å². The van der Waals surface area contributed by atoms with Crippen molar-refractivity contribution >= 4 is 15.9 Å². The van der Waals surface area contributed by atoms with Gasteiger partial charge < -0.3 is 0 Å². The lowest BCUT2D eigenvalue weighted by Crippen LogP contribution is -2.28. The molecule has 1 aromatic carbocycles. The first-order chi connectivity index (χ1) is 8.19. The van der Waals surface area contributed by atoms with Gasteiger partial charge in [0.15, 0.2) is 0 Å². The molecule has 0 aromatic heterocycles. The first-order valence-electron chi connectivity index (χ1n) is 6.10. The summed E-state index contributed by atoms with van der Waals surface area (Å²) >= 11 is 3.19. The number of hydrazine groups is 1. The molecule has 1 aromatic rings. The minimum atomic E-state index is -0.240. The molecule has 0 bridgehead atoms. The van der Waals surface area contributed by atoms with Crippen molar-refractivity contribution in [1.29, 1.82) is 0 Å². The van der Waals surface area contributed by atoms with Gasteiger partial charge in [-0.05, 0) is 40.0 Å². The van der Waals surface area contributed by atoms with Gasteiger partial charge in [0, 0.05) is 6.04 Å². The molecule has 1 atom stereocenters. The van der Waals surface area contributed by atoms with Gasteiger partial charge in [-0.3, -0.25) is 11.3 Å². The van der Waals surface area contributed by atoms with E-state index in [1.807, 2.05) is 0 Å². The van der Waals surface area contributed by atoms with E-state index < -0.39 is 0 Å². The molecule has 1 rings (SSSR count). The average Bonchev–Trinajstić information content (AvgIpc) is 2.33. The average molecular weight is 303 g/mol. The zero-order chi connectivity index (χ0) is 12.7. The van der Waals surface area contributed by atoms with Crippen LogP contribution in [0.15, 0.2) is 22.7 Å². The predicted octanol–water partition coefficient (Wildman–Crippen LogP) is 4.06. The number of hydrogen-bond acceptors (Lipinski definition) is 2. The van der Waals surface area contributed by atoms with Crippen LogP contribution in [-0.2, 0) is 0 Å². The summed E-state index contributed by atoms with van der Waals surface area (Å²) in [4.78, 5) is 0. The largest absolute Gasteiger partial charge is 0.271 e. The smallest absolute Gasteiger partial charge is 0.137 e. The molecule has 0 fully saturated rings. The van der Waals surface area contributed by atoms with Crippen molar-refractivity contribution in [2.45, 2.75) is 45.1 Å². The Morgan fingerprint density at radius 2 is 2.12 bits per heavy atom. The normalized spacial score (nSPS) is 12.7. The first-order valence-corrected chi connectivity index (χ1v) is 6.89.